The number of hydrogen-bond donors (Lipinski definition) is 2. The van der Waals surface area contributed by atoms with Crippen LogP contribution in [0.5, 0.6) is 11.5 Å². The Kier molecular flexibility index (Phi) is 7.08. The highest BCUT2D eigenvalue weighted by Gasteiger charge is 2.14. The number of benzene rings is 2. The summed E-state index contributed by atoms with van der Waals surface area (Å²) in [7, 11) is 1.66. The number of aromatic hydroxyl groups is 1. The van der Waals surface area contributed by atoms with Gasteiger partial charge in [0.15, 0.2) is 11.2 Å². The van der Waals surface area contributed by atoms with Crippen LogP contribution in [-0.4, -0.2) is 42.7 Å². The van der Waals surface area contributed by atoms with Crippen molar-refractivity contribution >= 4 is 16.9 Å². The molecular formula is C23H26N2O5. The number of fused-ring (bicyclic) bond motifs is 1. The van der Waals surface area contributed by atoms with Gasteiger partial charge in [-0.3, -0.25) is 14.5 Å². The van der Waals surface area contributed by atoms with Gasteiger partial charge in [0.25, 0.3) is 5.91 Å². The third-order valence-corrected chi connectivity index (χ3v) is 4.93. The van der Waals surface area contributed by atoms with Crippen molar-refractivity contribution in [2.75, 3.05) is 26.7 Å². The van der Waals surface area contributed by atoms with E-state index in [0.29, 0.717) is 6.54 Å². The van der Waals surface area contributed by atoms with Crippen molar-refractivity contribution in [3.05, 3.63) is 70.1 Å². The van der Waals surface area contributed by atoms with Crippen LogP contribution in [0.2, 0.25) is 0 Å². The molecule has 0 aliphatic carbocycles. The van der Waals surface area contributed by atoms with Gasteiger partial charge in [0.1, 0.15) is 22.5 Å². The Morgan fingerprint density at radius 2 is 2.00 bits per heavy atom. The van der Waals surface area contributed by atoms with Gasteiger partial charge in [-0.25, -0.2) is 0 Å². The number of para-hydroxylation sites is 1. The second-order valence-electron chi connectivity index (χ2n) is 6.92. The number of phenols is 1. The molecule has 3 rings (SSSR count). The van der Waals surface area contributed by atoms with Crippen molar-refractivity contribution in [3.63, 3.8) is 0 Å². The molecule has 0 aliphatic heterocycles. The molecule has 3 aromatic rings. The molecule has 0 saturated heterocycles. The molecule has 0 bridgehead atoms. The summed E-state index contributed by atoms with van der Waals surface area (Å²) in [6, 6.07) is 13.5. The summed E-state index contributed by atoms with van der Waals surface area (Å²) in [4.78, 5) is 26.8. The molecule has 158 valence electrons. The van der Waals surface area contributed by atoms with Crippen molar-refractivity contribution in [2.24, 2.45) is 0 Å². The third kappa shape index (κ3) is 4.99. The van der Waals surface area contributed by atoms with E-state index in [1.165, 1.54) is 6.07 Å². The molecule has 30 heavy (non-hydrogen) atoms. The fourth-order valence-electron chi connectivity index (χ4n) is 3.32. The Bertz CT molecular complexity index is 1080. The molecule has 0 fully saturated rings. The van der Waals surface area contributed by atoms with Gasteiger partial charge < -0.3 is 19.6 Å². The highest BCUT2D eigenvalue weighted by molar-refractivity contribution is 5.93. The lowest BCUT2D eigenvalue weighted by Crippen LogP contribution is -2.30. The second kappa shape index (κ2) is 9.93. The molecule has 1 aromatic heterocycles. The van der Waals surface area contributed by atoms with E-state index in [1.54, 1.807) is 19.2 Å². The van der Waals surface area contributed by atoms with Gasteiger partial charge >= 0.3 is 0 Å². The van der Waals surface area contributed by atoms with Crippen LogP contribution in [0.4, 0.5) is 0 Å². The Hall–Kier alpha value is -3.32. The Balaban J connectivity index is 1.55. The number of carbonyl (C=O) groups is 1. The standard InChI is InChI=1S/C23H26N2O5/c1-3-25(15-16-8-4-5-10-19(16)29-2)13-7-12-24-23(28)21-14-18(27)22-17(26)9-6-11-20(22)30-21/h4-6,8-11,14,26H,3,7,12-13,15H2,1-2H3,(H,24,28). The van der Waals surface area contributed by atoms with E-state index in [0.717, 1.165) is 43.4 Å². The highest BCUT2D eigenvalue weighted by atomic mass is 16.5. The molecule has 0 radical (unpaired) electrons. The Morgan fingerprint density at radius 1 is 1.20 bits per heavy atom. The lowest BCUT2D eigenvalue weighted by atomic mass is 10.2. The predicted molar refractivity (Wildman–Crippen MR) is 115 cm³/mol. The summed E-state index contributed by atoms with van der Waals surface area (Å²) < 4.78 is 10.9. The van der Waals surface area contributed by atoms with Crippen molar-refractivity contribution in [1.29, 1.82) is 0 Å². The number of carbonyl (C=O) groups excluding carboxylic acids is 1. The number of ether oxygens (including phenoxy) is 1. The monoisotopic (exact) mass is 410 g/mol. The first-order valence-electron chi connectivity index (χ1n) is 9.91. The molecule has 0 spiro atoms. The topological polar surface area (TPSA) is 92.0 Å². The van der Waals surface area contributed by atoms with Crippen molar-refractivity contribution in [2.45, 2.75) is 19.9 Å². The first-order valence-corrected chi connectivity index (χ1v) is 9.91. The van der Waals surface area contributed by atoms with Crippen LogP contribution < -0.4 is 15.5 Å². The molecular weight excluding hydrogens is 384 g/mol. The summed E-state index contributed by atoms with van der Waals surface area (Å²) in [5.41, 5.74) is 0.849. The highest BCUT2D eigenvalue weighted by Crippen LogP contribution is 2.22. The van der Waals surface area contributed by atoms with Gasteiger partial charge in [0.2, 0.25) is 0 Å². The number of nitrogens with zero attached hydrogens (tertiary/aromatic N) is 1. The normalized spacial score (nSPS) is 11.0. The van der Waals surface area contributed by atoms with Gasteiger partial charge in [-0.1, -0.05) is 31.2 Å². The quantitative estimate of drug-likeness (QED) is 0.527. The smallest absolute Gasteiger partial charge is 0.287 e. The van der Waals surface area contributed by atoms with Gasteiger partial charge in [-0.15, -0.1) is 0 Å². The second-order valence-corrected chi connectivity index (χ2v) is 6.92. The van der Waals surface area contributed by atoms with E-state index in [-0.39, 0.29) is 22.5 Å². The number of methoxy groups -OCH3 is 1. The van der Waals surface area contributed by atoms with Crippen LogP contribution in [0.3, 0.4) is 0 Å². The summed E-state index contributed by atoms with van der Waals surface area (Å²) in [6.07, 6.45) is 0.743. The molecule has 2 N–H and O–H groups in total. The molecule has 1 amide bonds. The van der Waals surface area contributed by atoms with E-state index in [2.05, 4.69) is 17.1 Å². The van der Waals surface area contributed by atoms with E-state index in [9.17, 15) is 14.7 Å². The summed E-state index contributed by atoms with van der Waals surface area (Å²) >= 11 is 0. The summed E-state index contributed by atoms with van der Waals surface area (Å²) in [5.74, 6) is 0.175. The fraction of sp³-hybridized carbons (Fsp3) is 0.304. The molecule has 7 heteroatoms. The molecule has 1 heterocycles. The lowest BCUT2D eigenvalue weighted by Gasteiger charge is -2.21. The zero-order valence-corrected chi connectivity index (χ0v) is 17.2. The van der Waals surface area contributed by atoms with Crippen LogP contribution >= 0.6 is 0 Å². The van der Waals surface area contributed by atoms with Crippen LogP contribution in [0.25, 0.3) is 11.0 Å². The van der Waals surface area contributed by atoms with Crippen molar-refractivity contribution < 1.29 is 19.1 Å². The first kappa shape index (κ1) is 21.4. The van der Waals surface area contributed by atoms with E-state index in [4.69, 9.17) is 9.15 Å². The number of rotatable bonds is 9. The first-order chi connectivity index (χ1) is 14.5. The van der Waals surface area contributed by atoms with Crippen molar-refractivity contribution in [3.8, 4) is 11.5 Å². The number of amides is 1. The number of phenolic OH excluding ortho intramolecular Hbond substituents is 1. The van der Waals surface area contributed by atoms with Crippen LogP contribution in [0, 0.1) is 0 Å². The average Bonchev–Trinajstić information content (AvgIpc) is 2.75. The molecule has 0 unspecified atom stereocenters. The predicted octanol–water partition coefficient (Wildman–Crippen LogP) is 3.15. The SMILES string of the molecule is CCN(CCCNC(=O)c1cc(=O)c2c(O)cccc2o1)Cc1ccccc1OC. The molecule has 7 nitrogen and oxygen atoms in total. The zero-order valence-electron chi connectivity index (χ0n) is 17.2. The third-order valence-electron chi connectivity index (χ3n) is 4.93. The Labute approximate surface area is 174 Å². The van der Waals surface area contributed by atoms with Crippen LogP contribution in [0.1, 0.15) is 29.5 Å². The maximum Gasteiger partial charge on any atom is 0.287 e. The molecule has 2 aromatic carbocycles. The zero-order chi connectivity index (χ0) is 21.5. The lowest BCUT2D eigenvalue weighted by molar-refractivity contribution is 0.0924. The van der Waals surface area contributed by atoms with E-state index >= 15 is 0 Å². The summed E-state index contributed by atoms with van der Waals surface area (Å²) in [6.45, 7) is 4.97. The van der Waals surface area contributed by atoms with Gasteiger partial charge in [0, 0.05) is 31.3 Å². The average molecular weight is 410 g/mol. The molecule has 0 saturated carbocycles. The minimum absolute atomic E-state index is 0.0699. The largest absolute Gasteiger partial charge is 0.507 e. The van der Waals surface area contributed by atoms with Crippen LogP contribution in [0.15, 0.2) is 57.7 Å². The number of hydrogen-bond acceptors (Lipinski definition) is 6. The maximum atomic E-state index is 12.4. The van der Waals surface area contributed by atoms with Gasteiger partial charge in [0.05, 0.1) is 7.11 Å². The van der Waals surface area contributed by atoms with Gasteiger partial charge in [-0.2, -0.15) is 0 Å². The van der Waals surface area contributed by atoms with E-state index in [1.807, 2.05) is 24.3 Å². The molecule has 0 atom stereocenters. The van der Waals surface area contributed by atoms with Crippen LogP contribution in [-0.2, 0) is 6.54 Å². The van der Waals surface area contributed by atoms with E-state index < -0.39 is 11.3 Å². The minimum atomic E-state index is -0.454. The van der Waals surface area contributed by atoms with Crippen molar-refractivity contribution in [1.82, 2.24) is 10.2 Å². The fourth-order valence-corrected chi connectivity index (χ4v) is 3.32. The summed E-state index contributed by atoms with van der Waals surface area (Å²) in [5, 5.41) is 12.7. The van der Waals surface area contributed by atoms with Gasteiger partial charge in [-0.05, 0) is 31.2 Å². The number of nitrogens with one attached hydrogen (secondary N) is 1. The minimum Gasteiger partial charge on any atom is -0.507 e. The Morgan fingerprint density at radius 3 is 2.77 bits per heavy atom. The maximum absolute atomic E-state index is 12.4. The molecule has 0 aliphatic rings.